The van der Waals surface area contributed by atoms with Gasteiger partial charge in [-0.3, -0.25) is 9.69 Å². The van der Waals surface area contributed by atoms with E-state index in [1.54, 1.807) is 31.2 Å². The lowest BCUT2D eigenvalue weighted by Gasteiger charge is -2.25. The van der Waals surface area contributed by atoms with Crippen LogP contribution < -0.4 is 5.32 Å². The molecule has 6 nitrogen and oxygen atoms in total. The molecule has 1 aliphatic rings. The Morgan fingerprint density at radius 3 is 2.27 bits per heavy atom. The van der Waals surface area contributed by atoms with Crippen LogP contribution in [0.1, 0.15) is 70.9 Å². The Balaban J connectivity index is 1.42. The molecule has 0 aromatic heterocycles. The summed E-state index contributed by atoms with van der Waals surface area (Å²) in [7, 11) is -3.36. The van der Waals surface area contributed by atoms with Crippen LogP contribution in [0.3, 0.4) is 0 Å². The van der Waals surface area contributed by atoms with Gasteiger partial charge in [0.25, 0.3) is 5.91 Å². The monoisotopic (exact) mass is 569 g/mol. The number of alkyl halides is 3. The zero-order valence-electron chi connectivity index (χ0n) is 22.0. The van der Waals surface area contributed by atoms with E-state index in [0.717, 1.165) is 42.6 Å². The van der Waals surface area contributed by atoms with Gasteiger partial charge in [0, 0.05) is 18.2 Å². The van der Waals surface area contributed by atoms with Gasteiger partial charge in [0.2, 0.25) is 0 Å². The van der Waals surface area contributed by atoms with E-state index in [-0.39, 0.29) is 29.0 Å². The lowest BCUT2D eigenvalue weighted by Crippen LogP contribution is -2.28. The molecular weight excluding hydrogens is 539 g/mol. The summed E-state index contributed by atoms with van der Waals surface area (Å²) in [5.41, 5.74) is 2.21. The first kappa shape index (κ1) is 29.3. The second-order valence-electron chi connectivity index (χ2n) is 9.81. The minimum absolute atomic E-state index is 0.0185. The van der Waals surface area contributed by atoms with Crippen LogP contribution in [-0.4, -0.2) is 31.5 Å². The van der Waals surface area contributed by atoms with Crippen molar-refractivity contribution in [1.29, 1.82) is 5.26 Å². The first-order valence-electron chi connectivity index (χ1n) is 13.0. The molecule has 1 unspecified atom stereocenters. The number of carbonyl (C=O) groups excluding carboxylic acids is 1. The summed E-state index contributed by atoms with van der Waals surface area (Å²) in [6.07, 6.45) is -2.48. The van der Waals surface area contributed by atoms with E-state index in [4.69, 9.17) is 0 Å². The number of benzene rings is 3. The normalized spacial score (nSPS) is 16.8. The molecule has 4 rings (SSSR count). The summed E-state index contributed by atoms with van der Waals surface area (Å²) < 4.78 is 62.8. The summed E-state index contributed by atoms with van der Waals surface area (Å²) in [5.74, 6) is -0.376. The summed E-state index contributed by atoms with van der Waals surface area (Å²) in [6, 6.07) is 20.2. The van der Waals surface area contributed by atoms with Gasteiger partial charge < -0.3 is 5.32 Å². The summed E-state index contributed by atoms with van der Waals surface area (Å²) in [4.78, 5) is 15.4. The third-order valence-corrected chi connectivity index (χ3v) is 8.96. The number of amides is 1. The van der Waals surface area contributed by atoms with E-state index in [9.17, 15) is 31.6 Å². The SMILES string of the molecule is CCS(=O)(=O)c1ccc([C@H](CC#N)NC(=O)c2ccc(C3CCCN3Cc3ccc(C(F)(F)F)cc3)cc2)cc1. The zero-order chi connectivity index (χ0) is 28.9. The molecule has 1 heterocycles. The number of nitriles is 1. The van der Waals surface area contributed by atoms with E-state index >= 15 is 0 Å². The molecule has 0 spiro atoms. The Kier molecular flexibility index (Phi) is 8.96. The minimum Gasteiger partial charge on any atom is -0.344 e. The van der Waals surface area contributed by atoms with Crippen LogP contribution >= 0.6 is 0 Å². The van der Waals surface area contributed by atoms with Gasteiger partial charge in [0.05, 0.1) is 34.7 Å². The Morgan fingerprint density at radius 1 is 1.05 bits per heavy atom. The lowest BCUT2D eigenvalue weighted by atomic mass is 10.0. The van der Waals surface area contributed by atoms with E-state index < -0.39 is 27.6 Å². The van der Waals surface area contributed by atoms with Crippen molar-refractivity contribution < 1.29 is 26.4 Å². The molecule has 0 radical (unpaired) electrons. The van der Waals surface area contributed by atoms with Crippen LogP contribution in [0.2, 0.25) is 0 Å². The molecular formula is C30H30F3N3O3S. The van der Waals surface area contributed by atoms with Crippen LogP contribution in [-0.2, 0) is 22.6 Å². The lowest BCUT2D eigenvalue weighted by molar-refractivity contribution is -0.137. The van der Waals surface area contributed by atoms with Crippen molar-refractivity contribution in [3.8, 4) is 6.07 Å². The molecule has 210 valence electrons. The van der Waals surface area contributed by atoms with E-state index in [1.807, 2.05) is 12.1 Å². The Labute approximate surface area is 232 Å². The average molecular weight is 570 g/mol. The molecule has 1 aliphatic heterocycles. The van der Waals surface area contributed by atoms with Crippen LogP contribution in [0.5, 0.6) is 0 Å². The van der Waals surface area contributed by atoms with Crippen LogP contribution in [0.25, 0.3) is 0 Å². The maximum atomic E-state index is 13.0. The fraction of sp³-hybridized carbons (Fsp3) is 0.333. The molecule has 3 aromatic rings. The number of rotatable bonds is 9. The highest BCUT2D eigenvalue weighted by Crippen LogP contribution is 2.34. The maximum absolute atomic E-state index is 13.0. The van der Waals surface area contributed by atoms with Crippen molar-refractivity contribution in [2.45, 2.75) is 55.9 Å². The highest BCUT2D eigenvalue weighted by molar-refractivity contribution is 7.91. The van der Waals surface area contributed by atoms with Gasteiger partial charge in [-0.15, -0.1) is 0 Å². The van der Waals surface area contributed by atoms with E-state index in [0.29, 0.717) is 17.7 Å². The molecule has 1 N–H and O–H groups in total. The molecule has 1 fully saturated rings. The number of nitrogens with zero attached hydrogens (tertiary/aromatic N) is 2. The number of sulfone groups is 1. The van der Waals surface area contributed by atoms with E-state index in [2.05, 4.69) is 16.3 Å². The van der Waals surface area contributed by atoms with Crippen LogP contribution in [0, 0.1) is 11.3 Å². The third kappa shape index (κ3) is 6.90. The molecule has 40 heavy (non-hydrogen) atoms. The van der Waals surface area contributed by atoms with Crippen molar-refractivity contribution >= 4 is 15.7 Å². The molecule has 0 saturated carbocycles. The molecule has 1 amide bonds. The largest absolute Gasteiger partial charge is 0.416 e. The number of likely N-dealkylation sites (tertiary alicyclic amines) is 1. The number of nitrogens with one attached hydrogen (secondary N) is 1. The van der Waals surface area contributed by atoms with Gasteiger partial charge in [-0.05, 0) is 72.5 Å². The number of hydrogen-bond donors (Lipinski definition) is 1. The van der Waals surface area contributed by atoms with Crippen molar-refractivity contribution in [1.82, 2.24) is 10.2 Å². The first-order chi connectivity index (χ1) is 19.0. The molecule has 0 bridgehead atoms. The Morgan fingerprint density at radius 2 is 1.70 bits per heavy atom. The number of hydrogen-bond acceptors (Lipinski definition) is 5. The number of halogens is 3. The predicted molar refractivity (Wildman–Crippen MR) is 145 cm³/mol. The second kappa shape index (κ2) is 12.2. The Hall–Kier alpha value is -3.68. The topological polar surface area (TPSA) is 90.3 Å². The van der Waals surface area contributed by atoms with Crippen molar-refractivity contribution in [2.24, 2.45) is 0 Å². The van der Waals surface area contributed by atoms with Gasteiger partial charge in [-0.2, -0.15) is 18.4 Å². The second-order valence-corrected chi connectivity index (χ2v) is 12.1. The van der Waals surface area contributed by atoms with Gasteiger partial charge >= 0.3 is 6.18 Å². The summed E-state index contributed by atoms with van der Waals surface area (Å²) in [5, 5.41) is 12.2. The average Bonchev–Trinajstić information content (AvgIpc) is 3.40. The van der Waals surface area contributed by atoms with Gasteiger partial charge in [-0.25, -0.2) is 8.42 Å². The van der Waals surface area contributed by atoms with Gasteiger partial charge in [0.1, 0.15) is 0 Å². The van der Waals surface area contributed by atoms with Crippen LogP contribution in [0.4, 0.5) is 13.2 Å². The quantitative estimate of drug-likeness (QED) is 0.330. The summed E-state index contributed by atoms with van der Waals surface area (Å²) in [6.45, 7) is 2.91. The first-order valence-corrected chi connectivity index (χ1v) is 14.7. The van der Waals surface area contributed by atoms with Gasteiger partial charge in [0.15, 0.2) is 9.84 Å². The molecule has 3 aromatic carbocycles. The van der Waals surface area contributed by atoms with Crippen molar-refractivity contribution in [3.63, 3.8) is 0 Å². The molecule has 10 heteroatoms. The minimum atomic E-state index is -4.36. The third-order valence-electron chi connectivity index (χ3n) is 7.21. The summed E-state index contributed by atoms with van der Waals surface area (Å²) >= 11 is 0. The van der Waals surface area contributed by atoms with E-state index in [1.165, 1.54) is 24.3 Å². The predicted octanol–water partition coefficient (Wildman–Crippen LogP) is 6.22. The smallest absolute Gasteiger partial charge is 0.344 e. The van der Waals surface area contributed by atoms with Crippen molar-refractivity contribution in [3.05, 3.63) is 101 Å². The maximum Gasteiger partial charge on any atom is 0.416 e. The van der Waals surface area contributed by atoms with Gasteiger partial charge in [-0.1, -0.05) is 43.3 Å². The zero-order valence-corrected chi connectivity index (χ0v) is 22.8. The van der Waals surface area contributed by atoms with Crippen LogP contribution in [0.15, 0.2) is 77.7 Å². The molecule has 0 aliphatic carbocycles. The highest BCUT2D eigenvalue weighted by atomic mass is 32.2. The van der Waals surface area contributed by atoms with Crippen molar-refractivity contribution in [2.75, 3.05) is 12.3 Å². The fourth-order valence-electron chi connectivity index (χ4n) is 4.94. The highest BCUT2D eigenvalue weighted by Gasteiger charge is 2.31. The molecule has 2 atom stereocenters. The number of carbonyl (C=O) groups is 1. The Bertz CT molecular complexity index is 1460. The standard InChI is InChI=1S/C30H30F3N3O3S/c1-2-40(38,39)26-15-11-22(12-16-26)27(17-18-34)35-29(37)24-9-7-23(8-10-24)28-4-3-19-36(28)20-21-5-13-25(14-6-21)30(31,32)33/h5-16,27-28H,2-4,17,19-20H2,1H3,(H,35,37)/t27-,28?/m0/s1. The fourth-order valence-corrected chi connectivity index (χ4v) is 5.83. The molecule has 1 saturated heterocycles.